The Hall–Kier alpha value is -2.18. The minimum Gasteiger partial charge on any atom is -0.394 e. The number of hydrogen-bond acceptors (Lipinski definition) is 3. The van der Waals surface area contributed by atoms with Gasteiger partial charge in [0.25, 0.3) is 5.91 Å². The lowest BCUT2D eigenvalue weighted by Crippen LogP contribution is -2.38. The van der Waals surface area contributed by atoms with Crippen molar-refractivity contribution in [2.75, 3.05) is 32.4 Å². The predicted octanol–water partition coefficient (Wildman–Crippen LogP) is 0.851. The fourth-order valence-corrected chi connectivity index (χ4v) is 2.05. The van der Waals surface area contributed by atoms with E-state index < -0.39 is 23.2 Å². The first-order chi connectivity index (χ1) is 9.40. The molecule has 1 aliphatic rings. The molecule has 0 aromatic heterocycles. The Balaban J connectivity index is 2.25. The van der Waals surface area contributed by atoms with Crippen LogP contribution >= 0.6 is 0 Å². The molecule has 0 saturated carbocycles. The molecule has 0 radical (unpaired) electrons. The van der Waals surface area contributed by atoms with E-state index in [9.17, 15) is 18.4 Å². The van der Waals surface area contributed by atoms with Gasteiger partial charge in [-0.3, -0.25) is 9.59 Å². The largest absolute Gasteiger partial charge is 0.394 e. The molecule has 0 bridgehead atoms. The number of carbonyl (C=O) groups is 2. The number of nitrogens with two attached hydrogens (primary N) is 1. The van der Waals surface area contributed by atoms with Crippen LogP contribution in [0.15, 0.2) is 12.1 Å². The number of benzene rings is 1. The van der Waals surface area contributed by atoms with Gasteiger partial charge in [-0.1, -0.05) is 0 Å². The van der Waals surface area contributed by atoms with Crippen LogP contribution < -0.4 is 5.73 Å². The van der Waals surface area contributed by atoms with E-state index in [1.807, 2.05) is 0 Å². The molecule has 1 fully saturated rings. The summed E-state index contributed by atoms with van der Waals surface area (Å²) in [5.74, 6) is -2.74. The SMILES string of the molecule is CN1CCCN(C(=O)c2cc(F)c(N)c(F)c2)CC1=O. The third-order valence-corrected chi connectivity index (χ3v) is 3.29. The van der Waals surface area contributed by atoms with Gasteiger partial charge in [0.1, 0.15) is 23.9 Å². The zero-order chi connectivity index (χ0) is 14.9. The maximum Gasteiger partial charge on any atom is 0.254 e. The van der Waals surface area contributed by atoms with Crippen LogP contribution in [0.5, 0.6) is 0 Å². The second kappa shape index (κ2) is 5.44. The van der Waals surface area contributed by atoms with Crippen molar-refractivity contribution >= 4 is 17.5 Å². The highest BCUT2D eigenvalue weighted by Gasteiger charge is 2.24. The first-order valence-electron chi connectivity index (χ1n) is 6.18. The van der Waals surface area contributed by atoms with Crippen molar-refractivity contribution in [2.24, 2.45) is 0 Å². The third-order valence-electron chi connectivity index (χ3n) is 3.29. The highest BCUT2D eigenvalue weighted by molar-refractivity contribution is 5.97. The molecule has 1 aliphatic heterocycles. The number of likely N-dealkylation sites (N-methyl/N-ethyl adjacent to an activating group) is 1. The highest BCUT2D eigenvalue weighted by Crippen LogP contribution is 2.19. The minimum absolute atomic E-state index is 0.0943. The normalized spacial score (nSPS) is 16.2. The first kappa shape index (κ1) is 14.2. The van der Waals surface area contributed by atoms with Crippen LogP contribution in [0.2, 0.25) is 0 Å². The number of nitrogens with zero attached hydrogens (tertiary/aromatic N) is 2. The van der Waals surface area contributed by atoms with Crippen molar-refractivity contribution in [1.82, 2.24) is 9.80 Å². The number of carbonyl (C=O) groups excluding carboxylic acids is 2. The number of rotatable bonds is 1. The fourth-order valence-electron chi connectivity index (χ4n) is 2.05. The number of anilines is 1. The second-order valence-corrected chi connectivity index (χ2v) is 4.75. The predicted molar refractivity (Wildman–Crippen MR) is 68.9 cm³/mol. The number of halogens is 2. The van der Waals surface area contributed by atoms with Gasteiger partial charge in [-0.25, -0.2) is 8.78 Å². The van der Waals surface area contributed by atoms with E-state index in [4.69, 9.17) is 5.73 Å². The lowest BCUT2D eigenvalue weighted by Gasteiger charge is -2.20. The van der Waals surface area contributed by atoms with Crippen molar-refractivity contribution in [3.8, 4) is 0 Å². The summed E-state index contributed by atoms with van der Waals surface area (Å²) in [5.41, 5.74) is 4.39. The van der Waals surface area contributed by atoms with Crippen LogP contribution in [0.25, 0.3) is 0 Å². The Bertz CT molecular complexity index is 540. The Morgan fingerprint density at radius 1 is 1.25 bits per heavy atom. The van der Waals surface area contributed by atoms with Gasteiger partial charge in [0.05, 0.1) is 0 Å². The van der Waals surface area contributed by atoms with Crippen molar-refractivity contribution < 1.29 is 18.4 Å². The lowest BCUT2D eigenvalue weighted by atomic mass is 10.1. The average Bonchev–Trinajstić information content (AvgIpc) is 2.57. The molecule has 0 atom stereocenters. The molecule has 7 heteroatoms. The lowest BCUT2D eigenvalue weighted by molar-refractivity contribution is -0.129. The van der Waals surface area contributed by atoms with Crippen molar-refractivity contribution in [1.29, 1.82) is 0 Å². The number of amides is 2. The van der Waals surface area contributed by atoms with E-state index in [1.165, 1.54) is 9.80 Å². The molecule has 1 heterocycles. The van der Waals surface area contributed by atoms with Gasteiger partial charge in [0.15, 0.2) is 0 Å². The van der Waals surface area contributed by atoms with Gasteiger partial charge in [-0.05, 0) is 18.6 Å². The molecule has 20 heavy (non-hydrogen) atoms. The Labute approximate surface area is 114 Å². The molecule has 1 aromatic carbocycles. The van der Waals surface area contributed by atoms with Crippen LogP contribution in [-0.2, 0) is 4.79 Å². The van der Waals surface area contributed by atoms with Crippen molar-refractivity contribution in [2.45, 2.75) is 6.42 Å². The summed E-state index contributed by atoms with van der Waals surface area (Å²) in [7, 11) is 1.65. The van der Waals surface area contributed by atoms with E-state index in [0.29, 0.717) is 19.5 Å². The number of hydrogen-bond donors (Lipinski definition) is 1. The molecule has 0 aliphatic carbocycles. The van der Waals surface area contributed by atoms with Gasteiger partial charge in [0.2, 0.25) is 5.91 Å². The van der Waals surface area contributed by atoms with Crippen LogP contribution in [0.1, 0.15) is 16.8 Å². The van der Waals surface area contributed by atoms with E-state index in [0.717, 1.165) is 12.1 Å². The zero-order valence-corrected chi connectivity index (χ0v) is 11.0. The molecule has 108 valence electrons. The summed E-state index contributed by atoms with van der Waals surface area (Å²) >= 11 is 0. The summed E-state index contributed by atoms with van der Waals surface area (Å²) in [6.07, 6.45) is 0.619. The van der Waals surface area contributed by atoms with E-state index in [1.54, 1.807) is 7.05 Å². The standard InChI is InChI=1S/C13H15F2N3O2/c1-17-3-2-4-18(7-11(17)19)13(20)8-5-9(14)12(16)10(15)6-8/h5-6H,2-4,7,16H2,1H3. The van der Waals surface area contributed by atoms with Crippen molar-refractivity contribution in [3.05, 3.63) is 29.3 Å². The molecule has 0 spiro atoms. The molecule has 0 unspecified atom stereocenters. The maximum absolute atomic E-state index is 13.4. The third kappa shape index (κ3) is 2.71. The zero-order valence-electron chi connectivity index (χ0n) is 11.0. The van der Waals surface area contributed by atoms with E-state index >= 15 is 0 Å². The highest BCUT2D eigenvalue weighted by atomic mass is 19.1. The smallest absolute Gasteiger partial charge is 0.254 e. The van der Waals surface area contributed by atoms with Gasteiger partial charge in [-0.15, -0.1) is 0 Å². The monoisotopic (exact) mass is 283 g/mol. The minimum atomic E-state index is -0.980. The van der Waals surface area contributed by atoms with Crippen LogP contribution in [-0.4, -0.2) is 48.3 Å². The summed E-state index contributed by atoms with van der Waals surface area (Å²) in [6, 6.07) is 1.78. The summed E-state index contributed by atoms with van der Waals surface area (Å²) < 4.78 is 26.8. The first-order valence-corrected chi connectivity index (χ1v) is 6.18. The summed E-state index contributed by atoms with van der Waals surface area (Å²) in [6.45, 7) is 0.818. The molecule has 2 N–H and O–H groups in total. The summed E-state index contributed by atoms with van der Waals surface area (Å²) in [4.78, 5) is 26.7. The molecular formula is C13H15F2N3O2. The quantitative estimate of drug-likeness (QED) is 0.777. The van der Waals surface area contributed by atoms with Gasteiger partial charge >= 0.3 is 0 Å². The van der Waals surface area contributed by atoms with E-state index in [2.05, 4.69) is 0 Å². The van der Waals surface area contributed by atoms with Crippen LogP contribution in [0.4, 0.5) is 14.5 Å². The second-order valence-electron chi connectivity index (χ2n) is 4.75. The molecule has 2 rings (SSSR count). The maximum atomic E-state index is 13.4. The Kier molecular flexibility index (Phi) is 3.87. The fraction of sp³-hybridized carbons (Fsp3) is 0.385. The Morgan fingerprint density at radius 2 is 1.85 bits per heavy atom. The average molecular weight is 283 g/mol. The van der Waals surface area contributed by atoms with Crippen molar-refractivity contribution in [3.63, 3.8) is 0 Å². The van der Waals surface area contributed by atoms with Crippen LogP contribution in [0, 0.1) is 11.6 Å². The van der Waals surface area contributed by atoms with Crippen LogP contribution in [0.3, 0.4) is 0 Å². The van der Waals surface area contributed by atoms with Gasteiger partial charge < -0.3 is 15.5 Å². The molecule has 2 amide bonds. The number of nitrogen functional groups attached to an aromatic ring is 1. The molecule has 1 saturated heterocycles. The Morgan fingerprint density at radius 3 is 2.45 bits per heavy atom. The molecular weight excluding hydrogens is 268 g/mol. The van der Waals surface area contributed by atoms with Gasteiger partial charge in [0, 0.05) is 25.7 Å². The molecule has 1 aromatic rings. The topological polar surface area (TPSA) is 66.6 Å². The van der Waals surface area contributed by atoms with E-state index in [-0.39, 0.29) is 18.0 Å². The summed E-state index contributed by atoms with van der Waals surface area (Å²) in [5, 5.41) is 0. The van der Waals surface area contributed by atoms with Gasteiger partial charge in [-0.2, -0.15) is 0 Å². The molecule has 5 nitrogen and oxygen atoms in total.